The third-order valence-electron chi connectivity index (χ3n) is 2.86. The van der Waals surface area contributed by atoms with Gasteiger partial charge in [-0.1, -0.05) is 0 Å². The van der Waals surface area contributed by atoms with Crippen LogP contribution in [-0.4, -0.2) is 37.1 Å². The van der Waals surface area contributed by atoms with Crippen LogP contribution in [0, 0.1) is 0 Å². The molecule has 3 N–H and O–H groups in total. The first kappa shape index (κ1) is 13.5. The van der Waals surface area contributed by atoms with E-state index in [2.05, 4.69) is 5.32 Å². The summed E-state index contributed by atoms with van der Waals surface area (Å²) in [6.45, 7) is 1.05. The number of hydrogen-bond acceptors (Lipinski definition) is 5. The van der Waals surface area contributed by atoms with Gasteiger partial charge in [0.05, 0.1) is 11.4 Å². The fourth-order valence-corrected chi connectivity index (χ4v) is 3.31. The van der Waals surface area contributed by atoms with E-state index in [1.807, 2.05) is 0 Å². The number of amides is 2. The fraction of sp³-hybridized carbons (Fsp3) is 0.273. The van der Waals surface area contributed by atoms with E-state index in [0.29, 0.717) is 5.69 Å². The largest absolute Gasteiger partial charge is 0.399 e. The molecule has 1 aromatic carbocycles. The van der Waals surface area contributed by atoms with Crippen LogP contribution in [0.3, 0.4) is 0 Å². The molecule has 8 heteroatoms. The number of piperazine rings is 1. The normalized spacial score (nSPS) is 21.2. The minimum atomic E-state index is -3.90. The first-order valence-corrected chi connectivity index (χ1v) is 6.97. The third kappa shape index (κ3) is 2.45. The van der Waals surface area contributed by atoms with Gasteiger partial charge in [-0.05, 0) is 31.2 Å². The van der Waals surface area contributed by atoms with E-state index in [9.17, 15) is 18.0 Å². The molecule has 1 unspecified atom stereocenters. The first-order valence-electron chi connectivity index (χ1n) is 5.53. The van der Waals surface area contributed by atoms with Crippen LogP contribution in [0.4, 0.5) is 5.69 Å². The zero-order chi connectivity index (χ0) is 14.2. The second-order valence-electron chi connectivity index (χ2n) is 4.21. The predicted octanol–water partition coefficient (Wildman–Crippen LogP) is -0.696. The second kappa shape index (κ2) is 4.63. The van der Waals surface area contributed by atoms with Crippen molar-refractivity contribution >= 4 is 27.5 Å². The van der Waals surface area contributed by atoms with Gasteiger partial charge in [-0.3, -0.25) is 14.9 Å². The average molecular weight is 283 g/mol. The maximum atomic E-state index is 12.4. The van der Waals surface area contributed by atoms with Gasteiger partial charge in [-0.15, -0.1) is 0 Å². The van der Waals surface area contributed by atoms with E-state index in [-0.39, 0.29) is 11.4 Å². The fourth-order valence-electron chi connectivity index (χ4n) is 1.76. The summed E-state index contributed by atoms with van der Waals surface area (Å²) in [6, 6.07) is 4.65. The molecule has 7 nitrogen and oxygen atoms in total. The Morgan fingerprint density at radius 1 is 1.26 bits per heavy atom. The van der Waals surface area contributed by atoms with Crippen molar-refractivity contribution < 1.29 is 18.0 Å². The zero-order valence-electron chi connectivity index (χ0n) is 10.2. The Balaban J connectivity index is 2.41. The minimum absolute atomic E-state index is 0.00366. The van der Waals surface area contributed by atoms with Crippen LogP contribution in [0.5, 0.6) is 0 Å². The van der Waals surface area contributed by atoms with E-state index in [4.69, 9.17) is 5.73 Å². The lowest BCUT2D eigenvalue weighted by molar-refractivity contribution is -0.136. The number of anilines is 1. The van der Waals surface area contributed by atoms with Crippen molar-refractivity contribution in [1.29, 1.82) is 0 Å². The maximum Gasteiger partial charge on any atom is 0.244 e. The van der Waals surface area contributed by atoms with Crippen molar-refractivity contribution in [1.82, 2.24) is 9.62 Å². The van der Waals surface area contributed by atoms with Crippen molar-refractivity contribution in [2.75, 3.05) is 12.3 Å². The van der Waals surface area contributed by atoms with E-state index in [1.54, 1.807) is 0 Å². The summed E-state index contributed by atoms with van der Waals surface area (Å²) in [7, 11) is -3.90. The summed E-state index contributed by atoms with van der Waals surface area (Å²) >= 11 is 0. The van der Waals surface area contributed by atoms with Crippen LogP contribution in [0.2, 0.25) is 0 Å². The molecular formula is C11H13N3O4S. The van der Waals surface area contributed by atoms with E-state index in [0.717, 1.165) is 4.31 Å². The molecule has 0 radical (unpaired) electrons. The highest BCUT2D eigenvalue weighted by Crippen LogP contribution is 2.20. The quantitative estimate of drug-likeness (QED) is 0.551. The SMILES string of the molecule is CC1C(=O)NC(=O)CN1S(=O)(=O)c1ccc(N)cc1. The molecular weight excluding hydrogens is 270 g/mol. The summed E-state index contributed by atoms with van der Waals surface area (Å²) in [4.78, 5) is 22.8. The van der Waals surface area contributed by atoms with Crippen molar-refractivity contribution in [2.24, 2.45) is 0 Å². The summed E-state index contributed by atoms with van der Waals surface area (Å²) in [6.07, 6.45) is 0. The van der Waals surface area contributed by atoms with Gasteiger partial charge in [0.1, 0.15) is 6.04 Å². The Labute approximate surface area is 110 Å². The molecule has 0 saturated carbocycles. The van der Waals surface area contributed by atoms with Gasteiger partial charge in [0.25, 0.3) is 0 Å². The summed E-state index contributed by atoms with van der Waals surface area (Å²) in [5.41, 5.74) is 5.92. The van der Waals surface area contributed by atoms with Crippen LogP contribution in [0.15, 0.2) is 29.2 Å². The number of nitrogens with one attached hydrogen (secondary N) is 1. The topological polar surface area (TPSA) is 110 Å². The second-order valence-corrected chi connectivity index (χ2v) is 6.10. The minimum Gasteiger partial charge on any atom is -0.399 e. The van der Waals surface area contributed by atoms with Crippen molar-refractivity contribution in [3.63, 3.8) is 0 Å². The number of benzene rings is 1. The van der Waals surface area contributed by atoms with Crippen molar-refractivity contribution in [2.45, 2.75) is 17.9 Å². The number of carbonyl (C=O) groups excluding carboxylic acids is 2. The van der Waals surface area contributed by atoms with Gasteiger partial charge in [0.15, 0.2) is 0 Å². The zero-order valence-corrected chi connectivity index (χ0v) is 11.0. The van der Waals surface area contributed by atoms with Gasteiger partial charge in [0, 0.05) is 5.69 Å². The number of carbonyl (C=O) groups is 2. The molecule has 0 bridgehead atoms. The van der Waals surface area contributed by atoms with Crippen LogP contribution >= 0.6 is 0 Å². The molecule has 2 rings (SSSR count). The number of hydrogen-bond donors (Lipinski definition) is 2. The standard InChI is InChI=1S/C11H13N3O4S/c1-7-11(16)13-10(15)6-14(7)19(17,18)9-4-2-8(12)3-5-9/h2-5,7H,6,12H2,1H3,(H,13,15,16). The van der Waals surface area contributed by atoms with Gasteiger partial charge < -0.3 is 5.73 Å². The average Bonchev–Trinajstić information content (AvgIpc) is 2.34. The molecule has 1 aliphatic heterocycles. The van der Waals surface area contributed by atoms with Crippen LogP contribution in [0.1, 0.15) is 6.92 Å². The lowest BCUT2D eigenvalue weighted by atomic mass is 10.2. The summed E-state index contributed by atoms with van der Waals surface area (Å²) < 4.78 is 25.6. The molecule has 0 aliphatic carbocycles. The molecule has 2 amide bonds. The van der Waals surface area contributed by atoms with Crippen molar-refractivity contribution in [3.8, 4) is 0 Å². The molecule has 1 aromatic rings. The van der Waals surface area contributed by atoms with Crippen LogP contribution in [0.25, 0.3) is 0 Å². The van der Waals surface area contributed by atoms with Gasteiger partial charge in [-0.25, -0.2) is 8.42 Å². The smallest absolute Gasteiger partial charge is 0.244 e. The molecule has 0 spiro atoms. The first-order chi connectivity index (χ1) is 8.82. The predicted molar refractivity (Wildman–Crippen MR) is 67.4 cm³/mol. The van der Waals surface area contributed by atoms with Gasteiger partial charge in [-0.2, -0.15) is 4.31 Å². The number of nitrogens with two attached hydrogens (primary N) is 1. The number of nitrogens with zero attached hydrogens (tertiary/aromatic N) is 1. The van der Waals surface area contributed by atoms with Crippen LogP contribution in [-0.2, 0) is 19.6 Å². The lowest BCUT2D eigenvalue weighted by Gasteiger charge is -2.30. The summed E-state index contributed by atoms with van der Waals surface area (Å²) in [5.74, 6) is -1.27. The Hall–Kier alpha value is -1.93. The Morgan fingerprint density at radius 2 is 1.84 bits per heavy atom. The highest BCUT2D eigenvalue weighted by molar-refractivity contribution is 7.89. The summed E-state index contributed by atoms with van der Waals surface area (Å²) in [5, 5.41) is 2.09. The number of imide groups is 1. The third-order valence-corrected chi connectivity index (χ3v) is 4.79. The Kier molecular flexibility index (Phi) is 3.29. The van der Waals surface area contributed by atoms with E-state index in [1.165, 1.54) is 31.2 Å². The molecule has 0 aromatic heterocycles. The molecule has 1 fully saturated rings. The Morgan fingerprint density at radius 3 is 2.42 bits per heavy atom. The maximum absolute atomic E-state index is 12.4. The van der Waals surface area contributed by atoms with Gasteiger partial charge in [0.2, 0.25) is 21.8 Å². The molecule has 1 atom stereocenters. The highest BCUT2D eigenvalue weighted by Gasteiger charge is 2.38. The molecule has 1 saturated heterocycles. The monoisotopic (exact) mass is 283 g/mol. The van der Waals surface area contributed by atoms with Crippen LogP contribution < -0.4 is 11.1 Å². The number of nitrogen functional groups attached to an aromatic ring is 1. The molecule has 1 aliphatic rings. The van der Waals surface area contributed by atoms with Gasteiger partial charge >= 0.3 is 0 Å². The van der Waals surface area contributed by atoms with Crippen molar-refractivity contribution in [3.05, 3.63) is 24.3 Å². The van der Waals surface area contributed by atoms with E-state index >= 15 is 0 Å². The lowest BCUT2D eigenvalue weighted by Crippen LogP contribution is -2.58. The highest BCUT2D eigenvalue weighted by atomic mass is 32.2. The number of sulfonamides is 1. The molecule has 19 heavy (non-hydrogen) atoms. The van der Waals surface area contributed by atoms with E-state index < -0.39 is 27.9 Å². The molecule has 102 valence electrons. The Bertz CT molecular complexity index is 624. The number of rotatable bonds is 2. The molecule has 1 heterocycles.